The van der Waals surface area contributed by atoms with Gasteiger partial charge in [0, 0.05) is 19.2 Å². The van der Waals surface area contributed by atoms with Crippen molar-refractivity contribution in [1.29, 1.82) is 0 Å². The predicted molar refractivity (Wildman–Crippen MR) is 79.8 cm³/mol. The van der Waals surface area contributed by atoms with E-state index < -0.39 is 0 Å². The Labute approximate surface area is 126 Å². The first kappa shape index (κ1) is 16.2. The van der Waals surface area contributed by atoms with Gasteiger partial charge in [-0.1, -0.05) is 19.3 Å². The van der Waals surface area contributed by atoms with E-state index in [1.807, 2.05) is 4.90 Å². The van der Waals surface area contributed by atoms with Crippen molar-refractivity contribution in [2.45, 2.75) is 51.0 Å². The van der Waals surface area contributed by atoms with Crippen LogP contribution in [0.4, 0.5) is 4.79 Å². The quantitative estimate of drug-likeness (QED) is 0.718. The number of aliphatic hydroxyl groups is 1. The third kappa shape index (κ3) is 5.63. The lowest BCUT2D eigenvalue weighted by atomic mass is 9.96. The maximum atomic E-state index is 11.9. The van der Waals surface area contributed by atoms with Gasteiger partial charge in [-0.2, -0.15) is 0 Å². The number of imide groups is 1. The molecule has 6 nitrogen and oxygen atoms in total. The molecule has 1 saturated heterocycles. The minimum absolute atomic E-state index is 0.167. The van der Waals surface area contributed by atoms with E-state index in [-0.39, 0.29) is 37.0 Å². The number of amides is 3. The number of aliphatic hydroxyl groups excluding tert-OH is 1. The monoisotopic (exact) mass is 297 g/mol. The molecule has 21 heavy (non-hydrogen) atoms. The van der Waals surface area contributed by atoms with Gasteiger partial charge in [0.25, 0.3) is 0 Å². The lowest BCUT2D eigenvalue weighted by Crippen LogP contribution is -2.49. The smallest absolute Gasteiger partial charge is 0.321 e. The van der Waals surface area contributed by atoms with Crippen LogP contribution in [0, 0.1) is 5.92 Å². The Balaban J connectivity index is 1.67. The lowest BCUT2D eigenvalue weighted by molar-refractivity contribution is -0.121. The van der Waals surface area contributed by atoms with Crippen LogP contribution in [0.15, 0.2) is 0 Å². The van der Waals surface area contributed by atoms with Crippen LogP contribution in [0.1, 0.15) is 44.9 Å². The topological polar surface area (TPSA) is 81.7 Å². The summed E-state index contributed by atoms with van der Waals surface area (Å²) in [4.78, 5) is 25.7. The second-order valence-corrected chi connectivity index (χ2v) is 6.28. The van der Waals surface area contributed by atoms with Crippen molar-refractivity contribution in [2.75, 3.05) is 26.2 Å². The van der Waals surface area contributed by atoms with Gasteiger partial charge in [-0.05, 0) is 38.1 Å². The molecule has 0 aromatic rings. The fourth-order valence-electron chi connectivity index (χ4n) is 3.28. The van der Waals surface area contributed by atoms with Gasteiger partial charge < -0.3 is 10.4 Å². The number of carbonyl (C=O) groups is 2. The van der Waals surface area contributed by atoms with E-state index in [0.29, 0.717) is 0 Å². The number of piperidine rings is 1. The standard InChI is InChI=1S/C15H27N3O3/c19-11-12-5-4-8-18(9-12)10-14(20)17-15(21)16-13-6-2-1-3-7-13/h12-13,19H,1-11H2,(H2,16,17,20,21). The molecule has 120 valence electrons. The molecule has 1 aliphatic carbocycles. The maximum Gasteiger partial charge on any atom is 0.321 e. The SMILES string of the molecule is O=C(CN1CCCC(CO)C1)NC(=O)NC1CCCCC1. The van der Waals surface area contributed by atoms with E-state index in [1.165, 1.54) is 6.42 Å². The molecule has 0 spiro atoms. The van der Waals surface area contributed by atoms with Crippen LogP contribution in [0.3, 0.4) is 0 Å². The minimum atomic E-state index is -0.373. The van der Waals surface area contributed by atoms with Crippen LogP contribution in [-0.4, -0.2) is 54.2 Å². The van der Waals surface area contributed by atoms with Crippen molar-refractivity contribution >= 4 is 11.9 Å². The summed E-state index contributed by atoms with van der Waals surface area (Å²) >= 11 is 0. The van der Waals surface area contributed by atoms with Crippen LogP contribution in [0.5, 0.6) is 0 Å². The third-order valence-corrected chi connectivity index (χ3v) is 4.42. The molecule has 3 amide bonds. The Hall–Kier alpha value is -1.14. The third-order valence-electron chi connectivity index (χ3n) is 4.42. The number of urea groups is 1. The first-order chi connectivity index (χ1) is 10.2. The fourth-order valence-corrected chi connectivity index (χ4v) is 3.28. The van der Waals surface area contributed by atoms with Gasteiger partial charge in [0.15, 0.2) is 0 Å². The van der Waals surface area contributed by atoms with E-state index in [1.54, 1.807) is 0 Å². The van der Waals surface area contributed by atoms with Crippen LogP contribution in [0.2, 0.25) is 0 Å². The molecule has 2 rings (SSSR count). The Morgan fingerprint density at radius 2 is 1.86 bits per heavy atom. The summed E-state index contributed by atoms with van der Waals surface area (Å²) in [5.41, 5.74) is 0. The Kier molecular flexibility index (Phi) is 6.45. The molecule has 1 unspecified atom stereocenters. The van der Waals surface area contributed by atoms with E-state index in [0.717, 1.165) is 51.6 Å². The van der Waals surface area contributed by atoms with Gasteiger partial charge in [-0.3, -0.25) is 15.0 Å². The summed E-state index contributed by atoms with van der Waals surface area (Å²) < 4.78 is 0. The zero-order valence-corrected chi connectivity index (χ0v) is 12.6. The molecule has 1 heterocycles. The highest BCUT2D eigenvalue weighted by Gasteiger charge is 2.22. The predicted octanol–water partition coefficient (Wildman–Crippen LogP) is 0.849. The van der Waals surface area contributed by atoms with Crippen molar-refractivity contribution in [2.24, 2.45) is 5.92 Å². The van der Waals surface area contributed by atoms with E-state index in [4.69, 9.17) is 0 Å². The molecular weight excluding hydrogens is 270 g/mol. The molecule has 1 atom stereocenters. The van der Waals surface area contributed by atoms with Gasteiger partial charge in [0.2, 0.25) is 5.91 Å². The highest BCUT2D eigenvalue weighted by molar-refractivity contribution is 5.95. The van der Waals surface area contributed by atoms with Gasteiger partial charge in [-0.25, -0.2) is 4.79 Å². The summed E-state index contributed by atoms with van der Waals surface area (Å²) in [7, 11) is 0. The van der Waals surface area contributed by atoms with Gasteiger partial charge in [0.05, 0.1) is 6.54 Å². The van der Waals surface area contributed by atoms with Crippen LogP contribution < -0.4 is 10.6 Å². The first-order valence-electron chi connectivity index (χ1n) is 8.11. The van der Waals surface area contributed by atoms with Crippen molar-refractivity contribution < 1.29 is 14.7 Å². The second kappa shape index (κ2) is 8.34. The number of nitrogens with one attached hydrogen (secondary N) is 2. The highest BCUT2D eigenvalue weighted by Crippen LogP contribution is 2.17. The summed E-state index contributed by atoms with van der Waals surface area (Å²) in [5.74, 6) is -0.00971. The molecule has 0 bridgehead atoms. The molecule has 1 saturated carbocycles. The van der Waals surface area contributed by atoms with E-state index >= 15 is 0 Å². The van der Waals surface area contributed by atoms with Gasteiger partial charge in [-0.15, -0.1) is 0 Å². The largest absolute Gasteiger partial charge is 0.396 e. The number of rotatable bonds is 4. The van der Waals surface area contributed by atoms with Crippen molar-refractivity contribution in [3.63, 3.8) is 0 Å². The first-order valence-corrected chi connectivity index (χ1v) is 8.11. The van der Waals surface area contributed by atoms with Crippen molar-refractivity contribution in [3.8, 4) is 0 Å². The zero-order chi connectivity index (χ0) is 15.1. The summed E-state index contributed by atoms with van der Waals surface area (Å²) in [6, 6.07) is -0.164. The maximum absolute atomic E-state index is 11.9. The average molecular weight is 297 g/mol. The van der Waals surface area contributed by atoms with Crippen molar-refractivity contribution in [1.82, 2.24) is 15.5 Å². The Morgan fingerprint density at radius 3 is 2.57 bits per heavy atom. The molecule has 0 aromatic carbocycles. The normalized spacial score (nSPS) is 24.5. The molecular formula is C15H27N3O3. The molecule has 2 fully saturated rings. The number of nitrogens with zero attached hydrogens (tertiary/aromatic N) is 1. The highest BCUT2D eigenvalue weighted by atomic mass is 16.3. The molecule has 6 heteroatoms. The molecule has 0 aromatic heterocycles. The molecule has 2 aliphatic rings. The second-order valence-electron chi connectivity index (χ2n) is 6.28. The summed E-state index contributed by atoms with van der Waals surface area (Å²) in [6.07, 6.45) is 7.55. The molecule has 0 radical (unpaired) electrons. The van der Waals surface area contributed by atoms with Crippen LogP contribution in [-0.2, 0) is 4.79 Å². The van der Waals surface area contributed by atoms with E-state index in [9.17, 15) is 14.7 Å². The molecule has 1 aliphatic heterocycles. The lowest BCUT2D eigenvalue weighted by Gasteiger charge is -2.31. The fraction of sp³-hybridized carbons (Fsp3) is 0.867. The number of likely N-dealkylation sites (tertiary alicyclic amines) is 1. The van der Waals surface area contributed by atoms with Crippen molar-refractivity contribution in [3.05, 3.63) is 0 Å². The summed E-state index contributed by atoms with van der Waals surface area (Å²) in [6.45, 7) is 1.98. The van der Waals surface area contributed by atoms with Crippen LogP contribution in [0.25, 0.3) is 0 Å². The molecule has 3 N–H and O–H groups in total. The average Bonchev–Trinajstić information content (AvgIpc) is 2.48. The van der Waals surface area contributed by atoms with Gasteiger partial charge in [0.1, 0.15) is 0 Å². The summed E-state index contributed by atoms with van der Waals surface area (Å²) in [5, 5.41) is 14.5. The Morgan fingerprint density at radius 1 is 1.10 bits per heavy atom. The zero-order valence-electron chi connectivity index (χ0n) is 12.6. The van der Waals surface area contributed by atoms with Crippen LogP contribution >= 0.6 is 0 Å². The minimum Gasteiger partial charge on any atom is -0.396 e. The number of hydrogen-bond donors (Lipinski definition) is 3. The number of hydrogen-bond acceptors (Lipinski definition) is 4. The Bertz CT molecular complexity index is 356. The van der Waals surface area contributed by atoms with E-state index in [2.05, 4.69) is 10.6 Å². The van der Waals surface area contributed by atoms with Gasteiger partial charge >= 0.3 is 6.03 Å². The number of carbonyl (C=O) groups excluding carboxylic acids is 2.